The van der Waals surface area contributed by atoms with Crippen LogP contribution < -0.4 is 10.1 Å². The first-order chi connectivity index (χ1) is 13.5. The number of nitrogens with zero attached hydrogens (tertiary/aromatic N) is 2. The molecule has 0 saturated heterocycles. The molecule has 2 aromatic carbocycles. The molecule has 0 aliphatic carbocycles. The van der Waals surface area contributed by atoms with E-state index in [0.29, 0.717) is 21.3 Å². The number of aromatic nitrogens is 1. The third-order valence-electron chi connectivity index (χ3n) is 3.94. The molecular formula is C21H15Cl2N3O2. The maximum absolute atomic E-state index is 12.4. The lowest BCUT2D eigenvalue weighted by molar-refractivity contribution is -0.112. The fourth-order valence-electron chi connectivity index (χ4n) is 2.51. The van der Waals surface area contributed by atoms with Gasteiger partial charge in [0.1, 0.15) is 17.4 Å². The zero-order chi connectivity index (χ0) is 20.1. The molecule has 0 bridgehead atoms. The zero-order valence-corrected chi connectivity index (χ0v) is 16.3. The van der Waals surface area contributed by atoms with Gasteiger partial charge in [0.05, 0.1) is 17.8 Å². The molecule has 7 heteroatoms. The smallest absolute Gasteiger partial charge is 0.266 e. The summed E-state index contributed by atoms with van der Waals surface area (Å²) in [5, 5.41) is 12.7. The number of rotatable bonds is 5. The van der Waals surface area contributed by atoms with Crippen LogP contribution in [-0.4, -0.2) is 17.6 Å². The number of benzene rings is 2. The van der Waals surface area contributed by atoms with Gasteiger partial charge in [0.15, 0.2) is 0 Å². The molecule has 28 heavy (non-hydrogen) atoms. The largest absolute Gasteiger partial charge is 0.497 e. The molecule has 3 aromatic rings. The van der Waals surface area contributed by atoms with E-state index < -0.39 is 5.91 Å². The monoisotopic (exact) mass is 411 g/mol. The first-order valence-electron chi connectivity index (χ1n) is 8.21. The van der Waals surface area contributed by atoms with Gasteiger partial charge in [-0.2, -0.15) is 5.26 Å². The molecule has 0 atom stereocenters. The van der Waals surface area contributed by atoms with E-state index in [1.165, 1.54) is 12.1 Å². The van der Waals surface area contributed by atoms with Crippen LogP contribution in [0.1, 0.15) is 5.56 Å². The lowest BCUT2D eigenvalue weighted by Gasteiger charge is -2.06. The topological polar surface area (TPSA) is 67.0 Å². The molecule has 1 N–H and O–H groups in total. The number of hydrogen-bond donors (Lipinski definition) is 1. The lowest BCUT2D eigenvalue weighted by Crippen LogP contribution is -2.13. The Hall–Kier alpha value is -3.20. The minimum Gasteiger partial charge on any atom is -0.497 e. The average molecular weight is 412 g/mol. The summed E-state index contributed by atoms with van der Waals surface area (Å²) in [5.41, 5.74) is 1.98. The molecule has 1 heterocycles. The number of ether oxygens (including phenoxy) is 1. The molecule has 0 spiro atoms. The highest BCUT2D eigenvalue weighted by molar-refractivity contribution is 6.36. The molecule has 0 fully saturated rings. The van der Waals surface area contributed by atoms with E-state index in [9.17, 15) is 10.1 Å². The van der Waals surface area contributed by atoms with Gasteiger partial charge < -0.3 is 14.6 Å². The summed E-state index contributed by atoms with van der Waals surface area (Å²) in [6.07, 6.45) is 5.18. The normalized spacial score (nSPS) is 11.0. The van der Waals surface area contributed by atoms with Gasteiger partial charge in [0.2, 0.25) is 0 Å². The second-order valence-electron chi connectivity index (χ2n) is 5.80. The van der Waals surface area contributed by atoms with E-state index in [1.54, 1.807) is 19.2 Å². The Balaban J connectivity index is 1.79. The van der Waals surface area contributed by atoms with Gasteiger partial charge in [-0.05, 0) is 60.2 Å². The first-order valence-corrected chi connectivity index (χ1v) is 8.96. The molecule has 0 saturated carbocycles. The minimum atomic E-state index is -0.552. The Morgan fingerprint density at radius 1 is 1.18 bits per heavy atom. The van der Waals surface area contributed by atoms with E-state index in [4.69, 9.17) is 27.9 Å². The van der Waals surface area contributed by atoms with Crippen molar-refractivity contribution in [2.75, 3.05) is 12.4 Å². The second-order valence-corrected chi connectivity index (χ2v) is 6.64. The van der Waals surface area contributed by atoms with Crippen LogP contribution in [0.15, 0.2) is 66.5 Å². The van der Waals surface area contributed by atoms with Crippen molar-refractivity contribution in [3.05, 3.63) is 82.1 Å². The van der Waals surface area contributed by atoms with Crippen LogP contribution in [0.25, 0.3) is 11.8 Å². The molecule has 0 aliphatic heterocycles. The molecule has 5 nitrogen and oxygen atoms in total. The highest BCUT2D eigenvalue weighted by Gasteiger charge is 2.12. The summed E-state index contributed by atoms with van der Waals surface area (Å²) in [6, 6.07) is 16.0. The van der Waals surface area contributed by atoms with Gasteiger partial charge >= 0.3 is 0 Å². The van der Waals surface area contributed by atoms with Crippen molar-refractivity contribution in [1.29, 1.82) is 5.26 Å². The van der Waals surface area contributed by atoms with E-state index in [1.807, 2.05) is 53.4 Å². The number of methoxy groups -OCH3 is 1. The number of carbonyl (C=O) groups is 1. The third-order valence-corrected chi connectivity index (χ3v) is 4.49. The van der Waals surface area contributed by atoms with Gasteiger partial charge in [-0.1, -0.05) is 23.2 Å². The zero-order valence-electron chi connectivity index (χ0n) is 14.8. The quantitative estimate of drug-likeness (QED) is 0.455. The van der Waals surface area contributed by atoms with Crippen molar-refractivity contribution < 1.29 is 9.53 Å². The number of amides is 1. The van der Waals surface area contributed by atoms with E-state index in [0.717, 1.165) is 11.4 Å². The van der Waals surface area contributed by atoms with Crippen molar-refractivity contribution in [2.45, 2.75) is 0 Å². The molecule has 140 valence electrons. The summed E-state index contributed by atoms with van der Waals surface area (Å²) < 4.78 is 7.03. The summed E-state index contributed by atoms with van der Waals surface area (Å²) >= 11 is 11.9. The fraction of sp³-hybridized carbons (Fsp3) is 0.0476. The third kappa shape index (κ3) is 4.55. The highest BCUT2D eigenvalue weighted by atomic mass is 35.5. The van der Waals surface area contributed by atoms with E-state index in [2.05, 4.69) is 5.32 Å². The highest BCUT2D eigenvalue weighted by Crippen LogP contribution is 2.26. The van der Waals surface area contributed by atoms with Gasteiger partial charge in [0.25, 0.3) is 5.91 Å². The van der Waals surface area contributed by atoms with Crippen LogP contribution in [0, 0.1) is 11.3 Å². The summed E-state index contributed by atoms with van der Waals surface area (Å²) in [6.45, 7) is 0. The van der Waals surface area contributed by atoms with Crippen LogP contribution in [0.2, 0.25) is 10.0 Å². The van der Waals surface area contributed by atoms with Crippen molar-refractivity contribution in [3.63, 3.8) is 0 Å². The summed E-state index contributed by atoms with van der Waals surface area (Å²) in [5.74, 6) is 0.212. The fourth-order valence-corrected chi connectivity index (χ4v) is 2.96. The molecule has 1 aromatic heterocycles. The SMILES string of the molecule is COc1ccc(-n2ccc(/C=C(\C#N)C(=O)Nc3ccc(Cl)cc3Cl)c2)cc1. The van der Waals surface area contributed by atoms with Crippen LogP contribution in [0.5, 0.6) is 5.75 Å². The maximum Gasteiger partial charge on any atom is 0.266 e. The van der Waals surface area contributed by atoms with Crippen molar-refractivity contribution >= 4 is 40.9 Å². The number of hydrogen-bond acceptors (Lipinski definition) is 3. The molecule has 0 aliphatic rings. The van der Waals surface area contributed by atoms with Crippen LogP contribution in [0.3, 0.4) is 0 Å². The van der Waals surface area contributed by atoms with Gasteiger partial charge in [-0.3, -0.25) is 4.79 Å². The molecule has 3 rings (SSSR count). The second kappa shape index (κ2) is 8.66. The Morgan fingerprint density at radius 3 is 2.57 bits per heavy atom. The van der Waals surface area contributed by atoms with Gasteiger partial charge in [0, 0.05) is 23.1 Å². The Kier molecular flexibility index (Phi) is 6.05. The van der Waals surface area contributed by atoms with Crippen molar-refractivity contribution in [1.82, 2.24) is 4.57 Å². The molecule has 1 amide bonds. The minimum absolute atomic E-state index is 0.0431. The van der Waals surface area contributed by atoms with Crippen LogP contribution in [0.4, 0.5) is 5.69 Å². The number of nitrogens with one attached hydrogen (secondary N) is 1. The molecule has 0 radical (unpaired) electrons. The van der Waals surface area contributed by atoms with E-state index in [-0.39, 0.29) is 5.57 Å². The Morgan fingerprint density at radius 2 is 1.93 bits per heavy atom. The van der Waals surface area contributed by atoms with Crippen molar-refractivity contribution in [3.8, 4) is 17.5 Å². The number of halogens is 2. The first kappa shape index (κ1) is 19.6. The van der Waals surface area contributed by atoms with E-state index >= 15 is 0 Å². The molecular weight excluding hydrogens is 397 g/mol. The van der Waals surface area contributed by atoms with Crippen molar-refractivity contribution in [2.24, 2.45) is 0 Å². The lowest BCUT2D eigenvalue weighted by atomic mass is 10.2. The maximum atomic E-state index is 12.4. The Bertz CT molecular complexity index is 1080. The summed E-state index contributed by atoms with van der Waals surface area (Å²) in [4.78, 5) is 12.4. The predicted molar refractivity (Wildman–Crippen MR) is 111 cm³/mol. The van der Waals surface area contributed by atoms with Crippen LogP contribution >= 0.6 is 23.2 Å². The number of carbonyl (C=O) groups excluding carboxylic acids is 1. The molecule has 0 unspecified atom stereocenters. The predicted octanol–water partition coefficient (Wildman–Crippen LogP) is 5.34. The number of nitriles is 1. The standard InChI is InChI=1S/C21H15Cl2N3O2/c1-28-18-5-3-17(4-6-18)26-9-8-14(13-26)10-15(12-24)21(27)25-20-7-2-16(22)11-19(20)23/h2-11,13H,1H3,(H,25,27)/b15-10+. The Labute approximate surface area is 172 Å². The van der Waals surface area contributed by atoms with Gasteiger partial charge in [-0.25, -0.2) is 0 Å². The van der Waals surface area contributed by atoms with Crippen LogP contribution in [-0.2, 0) is 4.79 Å². The number of anilines is 1. The van der Waals surface area contributed by atoms with Gasteiger partial charge in [-0.15, -0.1) is 0 Å². The average Bonchev–Trinajstić information content (AvgIpc) is 3.17. The summed E-state index contributed by atoms with van der Waals surface area (Å²) in [7, 11) is 1.61.